The van der Waals surface area contributed by atoms with E-state index in [1.165, 1.54) is 30.4 Å². The third kappa shape index (κ3) is 1.68. The molecule has 0 spiro atoms. The number of fused-ring (bicyclic) bond motifs is 1. The van der Waals surface area contributed by atoms with Crippen molar-refractivity contribution in [2.75, 3.05) is 14.1 Å². The van der Waals surface area contributed by atoms with Gasteiger partial charge < -0.3 is 5.11 Å². The van der Waals surface area contributed by atoms with Crippen molar-refractivity contribution < 1.29 is 5.11 Å². The van der Waals surface area contributed by atoms with Crippen LogP contribution in [0.5, 0.6) is 0 Å². The molecule has 0 saturated carbocycles. The van der Waals surface area contributed by atoms with Crippen LogP contribution in [0, 0.1) is 0 Å². The van der Waals surface area contributed by atoms with E-state index in [-0.39, 0.29) is 0 Å². The molecule has 14 heavy (non-hydrogen) atoms. The first-order chi connectivity index (χ1) is 6.68. The molecule has 0 radical (unpaired) electrons. The zero-order chi connectivity index (χ0) is 10.1. The van der Waals surface area contributed by atoms with Gasteiger partial charge in [0.2, 0.25) is 0 Å². The van der Waals surface area contributed by atoms with Gasteiger partial charge >= 0.3 is 0 Å². The Morgan fingerprint density at radius 1 is 1.21 bits per heavy atom. The van der Waals surface area contributed by atoms with E-state index in [1.807, 2.05) is 25.1 Å². The summed E-state index contributed by atoms with van der Waals surface area (Å²) in [6, 6.07) is 6.34. The van der Waals surface area contributed by atoms with Gasteiger partial charge in [-0.05, 0) is 50.0 Å². The maximum Gasteiger partial charge on any atom is 0.133 e. The number of hydrogen-bond donors (Lipinski definition) is 1. The molecule has 0 saturated heterocycles. The van der Waals surface area contributed by atoms with Gasteiger partial charge in [0.15, 0.2) is 0 Å². The highest BCUT2D eigenvalue weighted by Crippen LogP contribution is 2.25. The molecule has 0 aromatic heterocycles. The number of hydrogen-bond acceptors (Lipinski definition) is 2. The molecule has 1 N–H and O–H groups in total. The molecule has 1 aromatic carbocycles. The van der Waals surface area contributed by atoms with Gasteiger partial charge in [-0.3, -0.25) is 4.90 Å². The van der Waals surface area contributed by atoms with Crippen molar-refractivity contribution in [1.82, 2.24) is 4.90 Å². The first-order valence-electron chi connectivity index (χ1n) is 5.14. The standard InChI is InChI=1S/C12H17NO/c1-13(2)12(14)11-7-6-9-4-3-5-10(9)8-11/h6-8,12,14H,3-5H2,1-2H3. The summed E-state index contributed by atoms with van der Waals surface area (Å²) < 4.78 is 0. The van der Waals surface area contributed by atoms with Gasteiger partial charge in [-0.2, -0.15) is 0 Å². The summed E-state index contributed by atoms with van der Waals surface area (Å²) in [5.74, 6) is 0. The summed E-state index contributed by atoms with van der Waals surface area (Å²) in [6.07, 6.45) is 3.16. The van der Waals surface area contributed by atoms with Crippen molar-refractivity contribution in [2.24, 2.45) is 0 Å². The highest BCUT2D eigenvalue weighted by molar-refractivity contribution is 5.35. The van der Waals surface area contributed by atoms with Crippen molar-refractivity contribution in [2.45, 2.75) is 25.5 Å². The van der Waals surface area contributed by atoms with E-state index in [9.17, 15) is 5.11 Å². The predicted octanol–water partition coefficient (Wildman–Crippen LogP) is 1.73. The molecule has 1 aliphatic carbocycles. The molecule has 1 aromatic rings. The second kappa shape index (κ2) is 3.71. The summed E-state index contributed by atoms with van der Waals surface area (Å²) in [5, 5.41) is 9.85. The molecule has 1 unspecified atom stereocenters. The van der Waals surface area contributed by atoms with Crippen LogP contribution in [0.2, 0.25) is 0 Å². The highest BCUT2D eigenvalue weighted by Gasteiger charge is 2.15. The molecular weight excluding hydrogens is 174 g/mol. The van der Waals surface area contributed by atoms with Gasteiger partial charge in [-0.25, -0.2) is 0 Å². The lowest BCUT2D eigenvalue weighted by atomic mass is 10.1. The van der Waals surface area contributed by atoms with E-state index in [0.717, 1.165) is 5.56 Å². The van der Waals surface area contributed by atoms with Gasteiger partial charge in [0.05, 0.1) is 0 Å². The van der Waals surface area contributed by atoms with E-state index in [1.54, 1.807) is 0 Å². The van der Waals surface area contributed by atoms with Crippen LogP contribution in [0.25, 0.3) is 0 Å². The normalized spacial score (nSPS) is 17.1. The van der Waals surface area contributed by atoms with Crippen LogP contribution in [0.15, 0.2) is 18.2 Å². The van der Waals surface area contributed by atoms with Gasteiger partial charge in [-0.15, -0.1) is 0 Å². The Balaban J connectivity index is 2.28. The second-order valence-corrected chi connectivity index (χ2v) is 4.22. The Kier molecular flexibility index (Phi) is 2.57. The topological polar surface area (TPSA) is 23.5 Å². The second-order valence-electron chi connectivity index (χ2n) is 4.22. The molecule has 76 valence electrons. The van der Waals surface area contributed by atoms with Gasteiger partial charge in [0.1, 0.15) is 6.23 Å². The van der Waals surface area contributed by atoms with Crippen LogP contribution in [0.3, 0.4) is 0 Å². The quantitative estimate of drug-likeness (QED) is 0.720. The van der Waals surface area contributed by atoms with E-state index in [0.29, 0.717) is 0 Å². The first kappa shape index (κ1) is 9.69. The first-order valence-corrected chi connectivity index (χ1v) is 5.14. The van der Waals surface area contributed by atoms with Gasteiger partial charge in [0, 0.05) is 0 Å². The monoisotopic (exact) mass is 191 g/mol. The lowest BCUT2D eigenvalue weighted by Crippen LogP contribution is -2.19. The van der Waals surface area contributed by atoms with Crippen LogP contribution >= 0.6 is 0 Å². The third-order valence-corrected chi connectivity index (χ3v) is 2.91. The lowest BCUT2D eigenvalue weighted by molar-refractivity contribution is 0.0395. The van der Waals surface area contributed by atoms with E-state index in [2.05, 4.69) is 12.1 Å². The predicted molar refractivity (Wildman–Crippen MR) is 57.1 cm³/mol. The molecule has 0 bridgehead atoms. The fourth-order valence-corrected chi connectivity index (χ4v) is 2.05. The molecule has 0 aliphatic heterocycles. The number of nitrogens with zero attached hydrogens (tertiary/aromatic N) is 1. The van der Waals surface area contributed by atoms with E-state index < -0.39 is 6.23 Å². The smallest absolute Gasteiger partial charge is 0.133 e. The van der Waals surface area contributed by atoms with E-state index >= 15 is 0 Å². The Morgan fingerprint density at radius 2 is 1.93 bits per heavy atom. The molecule has 2 rings (SSSR count). The molecule has 1 atom stereocenters. The lowest BCUT2D eigenvalue weighted by Gasteiger charge is -2.19. The number of benzene rings is 1. The average Bonchev–Trinajstić information content (AvgIpc) is 2.62. The van der Waals surface area contributed by atoms with Crippen LogP contribution in [-0.2, 0) is 12.8 Å². The number of aliphatic hydroxyl groups is 1. The maximum absolute atomic E-state index is 9.85. The SMILES string of the molecule is CN(C)C(O)c1ccc2c(c1)CCC2. The van der Waals surface area contributed by atoms with Crippen molar-refractivity contribution in [3.05, 3.63) is 34.9 Å². The average molecular weight is 191 g/mol. The molecule has 2 heteroatoms. The Morgan fingerprint density at radius 3 is 2.64 bits per heavy atom. The van der Waals surface area contributed by atoms with Crippen molar-refractivity contribution in [1.29, 1.82) is 0 Å². The fraction of sp³-hybridized carbons (Fsp3) is 0.500. The van der Waals surface area contributed by atoms with Crippen molar-refractivity contribution in [3.63, 3.8) is 0 Å². The molecule has 0 heterocycles. The highest BCUT2D eigenvalue weighted by atomic mass is 16.3. The molecule has 0 amide bonds. The van der Waals surface area contributed by atoms with Gasteiger partial charge in [0.25, 0.3) is 0 Å². The van der Waals surface area contributed by atoms with Crippen LogP contribution < -0.4 is 0 Å². The Labute approximate surface area is 85.2 Å². The minimum atomic E-state index is -0.471. The molecular formula is C12H17NO. The zero-order valence-electron chi connectivity index (χ0n) is 8.83. The molecule has 1 aliphatic rings. The summed E-state index contributed by atoms with van der Waals surface area (Å²) in [6.45, 7) is 0. The minimum absolute atomic E-state index is 0.471. The largest absolute Gasteiger partial charge is 0.374 e. The fourth-order valence-electron chi connectivity index (χ4n) is 2.05. The van der Waals surface area contributed by atoms with Crippen LogP contribution in [-0.4, -0.2) is 24.1 Å². The van der Waals surface area contributed by atoms with Crippen LogP contribution in [0.1, 0.15) is 29.3 Å². The zero-order valence-corrected chi connectivity index (χ0v) is 8.83. The molecule has 2 nitrogen and oxygen atoms in total. The van der Waals surface area contributed by atoms with Gasteiger partial charge in [-0.1, -0.05) is 18.2 Å². The van der Waals surface area contributed by atoms with Crippen LogP contribution in [0.4, 0.5) is 0 Å². The van der Waals surface area contributed by atoms with E-state index in [4.69, 9.17) is 0 Å². The minimum Gasteiger partial charge on any atom is -0.374 e. The summed E-state index contributed by atoms with van der Waals surface area (Å²) in [7, 11) is 3.77. The maximum atomic E-state index is 9.85. The third-order valence-electron chi connectivity index (χ3n) is 2.91. The molecule has 0 fully saturated rings. The Bertz CT molecular complexity index is 333. The van der Waals surface area contributed by atoms with Crippen molar-refractivity contribution in [3.8, 4) is 0 Å². The summed E-state index contributed by atoms with van der Waals surface area (Å²) in [4.78, 5) is 1.82. The summed E-state index contributed by atoms with van der Waals surface area (Å²) >= 11 is 0. The summed E-state index contributed by atoms with van der Waals surface area (Å²) in [5.41, 5.74) is 3.89. The van der Waals surface area contributed by atoms with Crippen molar-refractivity contribution >= 4 is 0 Å². The number of aliphatic hydroxyl groups excluding tert-OH is 1. The Hall–Kier alpha value is -0.860. The number of aryl methyl sites for hydroxylation is 2. The number of rotatable bonds is 2.